The Labute approximate surface area is 176 Å². The molecule has 30 heavy (non-hydrogen) atoms. The van der Waals surface area contributed by atoms with E-state index in [1.807, 2.05) is 25.4 Å². The number of allylic oxidation sites excluding steroid dienone is 2. The van der Waals surface area contributed by atoms with Gasteiger partial charge in [0, 0.05) is 35.9 Å². The van der Waals surface area contributed by atoms with Crippen LogP contribution in [-0.4, -0.2) is 26.7 Å². The minimum atomic E-state index is -0.545. The van der Waals surface area contributed by atoms with E-state index < -0.39 is 5.41 Å². The van der Waals surface area contributed by atoms with Crippen molar-refractivity contribution in [2.45, 2.75) is 51.6 Å². The molecule has 0 saturated heterocycles. The molecule has 0 fully saturated rings. The van der Waals surface area contributed by atoms with Crippen molar-refractivity contribution in [3.8, 4) is 11.4 Å². The van der Waals surface area contributed by atoms with Crippen molar-refractivity contribution in [1.29, 1.82) is 0 Å². The normalized spacial score (nSPS) is 26.9. The highest BCUT2D eigenvalue weighted by Crippen LogP contribution is 2.53. The molecule has 1 aliphatic carbocycles. The van der Waals surface area contributed by atoms with E-state index in [2.05, 4.69) is 58.5 Å². The standard InChI is InChI=1S/C23H26N6O/c1-5-23(15-8-6-7-14(9-15)21-24-13-26-29(21)4)16-12-25-28-20(16)27-17-10-22(2,3)11-18(30)19(17)23/h6-9,12-13,20,27H,5,10-11H2,1-4H3/t20?,23-/m1/s1. The lowest BCUT2D eigenvalue weighted by molar-refractivity contribution is -0.119. The number of hydrogen-bond donors (Lipinski definition) is 1. The average molecular weight is 403 g/mol. The molecule has 2 aliphatic heterocycles. The summed E-state index contributed by atoms with van der Waals surface area (Å²) in [4.78, 5) is 17.9. The van der Waals surface area contributed by atoms with Gasteiger partial charge < -0.3 is 5.32 Å². The second-order valence-corrected chi connectivity index (χ2v) is 9.20. The molecule has 1 aromatic heterocycles. The molecular weight excluding hydrogens is 376 g/mol. The third-order valence-corrected chi connectivity index (χ3v) is 6.63. The highest BCUT2D eigenvalue weighted by atomic mass is 16.1. The first kappa shape index (κ1) is 18.9. The maximum absolute atomic E-state index is 13.5. The minimum Gasteiger partial charge on any atom is -0.362 e. The number of ketones is 1. The van der Waals surface area contributed by atoms with E-state index in [9.17, 15) is 4.79 Å². The van der Waals surface area contributed by atoms with Gasteiger partial charge >= 0.3 is 0 Å². The number of fused-ring (bicyclic) bond motifs is 1. The van der Waals surface area contributed by atoms with Crippen LogP contribution in [0.2, 0.25) is 0 Å². The number of nitrogens with zero attached hydrogens (tertiary/aromatic N) is 5. The lowest BCUT2D eigenvalue weighted by Gasteiger charge is -2.47. The monoisotopic (exact) mass is 402 g/mol. The van der Waals surface area contributed by atoms with Crippen LogP contribution in [0.1, 0.15) is 45.6 Å². The van der Waals surface area contributed by atoms with E-state index >= 15 is 0 Å². The summed E-state index contributed by atoms with van der Waals surface area (Å²) in [7, 11) is 1.88. The summed E-state index contributed by atoms with van der Waals surface area (Å²) in [5.74, 6) is 1.01. The zero-order valence-corrected chi connectivity index (χ0v) is 17.8. The Morgan fingerprint density at radius 1 is 1.27 bits per heavy atom. The maximum atomic E-state index is 13.5. The van der Waals surface area contributed by atoms with Crippen molar-refractivity contribution in [2.75, 3.05) is 0 Å². The van der Waals surface area contributed by atoms with Gasteiger partial charge in [-0.1, -0.05) is 39.0 Å². The van der Waals surface area contributed by atoms with Crippen molar-refractivity contribution < 1.29 is 4.79 Å². The van der Waals surface area contributed by atoms with Crippen LogP contribution in [0.3, 0.4) is 0 Å². The van der Waals surface area contributed by atoms with Crippen LogP contribution in [-0.2, 0) is 17.3 Å². The predicted octanol–water partition coefficient (Wildman–Crippen LogP) is 4.05. The summed E-state index contributed by atoms with van der Waals surface area (Å²) >= 11 is 0. The van der Waals surface area contributed by atoms with E-state index in [4.69, 9.17) is 0 Å². The molecule has 2 atom stereocenters. The predicted molar refractivity (Wildman–Crippen MR) is 113 cm³/mol. The van der Waals surface area contributed by atoms with Crippen molar-refractivity contribution in [3.63, 3.8) is 0 Å². The zero-order chi connectivity index (χ0) is 21.1. The Kier molecular flexibility index (Phi) is 4.07. The third kappa shape index (κ3) is 2.61. The number of aryl methyl sites for hydroxylation is 1. The number of benzene rings is 1. The van der Waals surface area contributed by atoms with Gasteiger partial charge in [-0.15, -0.1) is 0 Å². The van der Waals surface area contributed by atoms with Gasteiger partial charge in [0.15, 0.2) is 17.8 Å². The molecule has 0 amide bonds. The van der Waals surface area contributed by atoms with Crippen molar-refractivity contribution in [1.82, 2.24) is 20.1 Å². The smallest absolute Gasteiger partial charge is 0.164 e. The summed E-state index contributed by atoms with van der Waals surface area (Å²) in [5.41, 5.74) is 4.40. The van der Waals surface area contributed by atoms with Crippen LogP contribution in [0.5, 0.6) is 0 Å². The Morgan fingerprint density at radius 2 is 2.10 bits per heavy atom. The number of rotatable bonds is 3. The molecule has 1 N–H and O–H groups in total. The fourth-order valence-corrected chi connectivity index (χ4v) is 5.37. The van der Waals surface area contributed by atoms with E-state index in [1.54, 1.807) is 11.0 Å². The molecule has 0 bridgehead atoms. The third-order valence-electron chi connectivity index (χ3n) is 6.63. The van der Waals surface area contributed by atoms with E-state index in [0.29, 0.717) is 6.42 Å². The first-order valence-electron chi connectivity index (χ1n) is 10.4. The van der Waals surface area contributed by atoms with Gasteiger partial charge in [-0.2, -0.15) is 15.3 Å². The second kappa shape index (κ2) is 6.45. The largest absolute Gasteiger partial charge is 0.362 e. The number of carbonyl (C=O) groups excluding carboxylic acids is 1. The molecule has 5 rings (SSSR count). The van der Waals surface area contributed by atoms with Gasteiger partial charge in [-0.25, -0.2) is 9.67 Å². The molecule has 0 spiro atoms. The van der Waals surface area contributed by atoms with Gasteiger partial charge in [0.05, 0.1) is 11.6 Å². The van der Waals surface area contributed by atoms with E-state index in [-0.39, 0.29) is 17.4 Å². The molecule has 154 valence electrons. The fourth-order valence-electron chi connectivity index (χ4n) is 5.37. The van der Waals surface area contributed by atoms with Crippen LogP contribution in [0, 0.1) is 5.41 Å². The Bertz CT molecular complexity index is 1140. The summed E-state index contributed by atoms with van der Waals surface area (Å²) in [6.45, 7) is 6.45. The van der Waals surface area contributed by atoms with Crippen LogP contribution in [0.15, 0.2) is 63.9 Å². The molecule has 1 unspecified atom stereocenters. The minimum absolute atomic E-state index is 0.0696. The molecule has 0 radical (unpaired) electrons. The second-order valence-electron chi connectivity index (χ2n) is 9.20. The van der Waals surface area contributed by atoms with Gasteiger partial charge in [0.1, 0.15) is 6.33 Å². The first-order valence-corrected chi connectivity index (χ1v) is 10.4. The average Bonchev–Trinajstić information content (AvgIpc) is 3.34. The molecule has 7 nitrogen and oxygen atoms in total. The number of azo groups is 1. The molecule has 2 aromatic rings. The van der Waals surface area contributed by atoms with E-state index in [1.165, 1.54) is 0 Å². The van der Waals surface area contributed by atoms with Crippen LogP contribution >= 0.6 is 0 Å². The van der Waals surface area contributed by atoms with Crippen molar-refractivity contribution in [2.24, 2.45) is 22.7 Å². The molecule has 0 saturated carbocycles. The molecule has 3 aliphatic rings. The summed E-state index contributed by atoms with van der Waals surface area (Å²) in [6, 6.07) is 8.33. The molecular formula is C23H26N6O. The number of aromatic nitrogens is 3. The van der Waals surface area contributed by atoms with Gasteiger partial charge in [-0.3, -0.25) is 4.79 Å². The molecule has 7 heteroatoms. The Balaban J connectivity index is 1.75. The van der Waals surface area contributed by atoms with Crippen molar-refractivity contribution in [3.05, 3.63) is 59.2 Å². The Hall–Kier alpha value is -3.09. The molecule has 3 heterocycles. The molecule has 1 aromatic carbocycles. The highest BCUT2D eigenvalue weighted by Gasteiger charge is 2.52. The SMILES string of the molecule is CC[C@@]1(c2cccc(-c3ncnn3C)c2)C2=CN=NC2NC2=C1C(=O)CC(C)(C)C2. The topological polar surface area (TPSA) is 84.5 Å². The highest BCUT2D eigenvalue weighted by molar-refractivity contribution is 6.01. The van der Waals surface area contributed by atoms with Crippen molar-refractivity contribution >= 4 is 5.78 Å². The van der Waals surface area contributed by atoms with Gasteiger partial charge in [-0.05, 0) is 29.9 Å². The van der Waals surface area contributed by atoms with Gasteiger partial charge in [0.25, 0.3) is 0 Å². The number of Topliss-reactive ketones (excluding diaryl/α,β-unsaturated/α-hetero) is 1. The maximum Gasteiger partial charge on any atom is 0.164 e. The Morgan fingerprint density at radius 3 is 2.83 bits per heavy atom. The van der Waals surface area contributed by atoms with Crippen LogP contribution < -0.4 is 5.32 Å². The van der Waals surface area contributed by atoms with Gasteiger partial charge in [0.2, 0.25) is 0 Å². The zero-order valence-electron chi connectivity index (χ0n) is 17.8. The van der Waals surface area contributed by atoms with Crippen LogP contribution in [0.4, 0.5) is 0 Å². The summed E-state index contributed by atoms with van der Waals surface area (Å²) < 4.78 is 1.77. The van der Waals surface area contributed by atoms with E-state index in [0.717, 1.165) is 46.6 Å². The quantitative estimate of drug-likeness (QED) is 0.839. The first-order chi connectivity index (χ1) is 14.4. The summed E-state index contributed by atoms with van der Waals surface area (Å²) in [6.07, 6.45) is 5.32. The number of nitrogens with one attached hydrogen (secondary N) is 1. The fraction of sp³-hybridized carbons (Fsp3) is 0.435. The lowest BCUT2D eigenvalue weighted by Crippen LogP contribution is -2.51. The van der Waals surface area contributed by atoms with Crippen LogP contribution in [0.25, 0.3) is 11.4 Å². The summed E-state index contributed by atoms with van der Waals surface area (Å²) in [5, 5.41) is 16.4. The number of carbonyl (C=O) groups is 1. The number of hydrogen-bond acceptors (Lipinski definition) is 6. The lowest BCUT2D eigenvalue weighted by atomic mass is 9.59.